The second kappa shape index (κ2) is 14.3. The van der Waals surface area contributed by atoms with E-state index in [2.05, 4.69) is 52.1 Å². The van der Waals surface area contributed by atoms with Crippen molar-refractivity contribution in [2.75, 3.05) is 24.3 Å². The number of para-hydroxylation sites is 1. The quantitative estimate of drug-likeness (QED) is 0.222. The smallest absolute Gasteiger partial charge is 0.333 e. The molecule has 4 atom stereocenters. The van der Waals surface area contributed by atoms with Gasteiger partial charge >= 0.3 is 5.97 Å². The lowest BCUT2D eigenvalue weighted by Crippen LogP contribution is -2.41. The van der Waals surface area contributed by atoms with Gasteiger partial charge in [-0.3, -0.25) is 9.00 Å². The largest absolute Gasteiger partial charge is 0.480 e. The van der Waals surface area contributed by atoms with Crippen LogP contribution in [-0.2, 0) is 25.1 Å². The Morgan fingerprint density at radius 1 is 1.07 bits per heavy atom. The van der Waals surface area contributed by atoms with Gasteiger partial charge in [-0.05, 0) is 70.9 Å². The van der Waals surface area contributed by atoms with E-state index in [4.69, 9.17) is 9.47 Å². The summed E-state index contributed by atoms with van der Waals surface area (Å²) in [5.41, 5.74) is 2.39. The number of benzene rings is 3. The first-order chi connectivity index (χ1) is 20.2. The van der Waals surface area contributed by atoms with E-state index in [1.807, 2.05) is 30.3 Å². The van der Waals surface area contributed by atoms with Crippen LogP contribution in [0, 0.1) is 5.41 Å². The number of rotatable bonds is 11. The van der Waals surface area contributed by atoms with E-state index < -0.39 is 34.8 Å². The molecule has 4 rings (SSSR count). The van der Waals surface area contributed by atoms with Gasteiger partial charge in [0.1, 0.15) is 5.75 Å². The number of methoxy groups -OCH3 is 1. The van der Waals surface area contributed by atoms with Crippen LogP contribution in [0.15, 0.2) is 82.2 Å². The highest BCUT2D eigenvalue weighted by atomic mass is 79.9. The normalized spacial score (nSPS) is 19.6. The van der Waals surface area contributed by atoms with Crippen molar-refractivity contribution >= 4 is 50.0 Å². The Bertz CT molecular complexity index is 1400. The van der Waals surface area contributed by atoms with Gasteiger partial charge in [-0.25, -0.2) is 4.79 Å². The second-order valence-electron chi connectivity index (χ2n) is 10.8. The number of carbonyl (C=O) groups is 2. The number of nitrogens with one attached hydrogen (secondary N) is 1. The van der Waals surface area contributed by atoms with Crippen LogP contribution >= 0.6 is 15.9 Å². The molecular weight excluding hydrogens is 616 g/mol. The third-order valence-corrected chi connectivity index (χ3v) is 10.2. The minimum absolute atomic E-state index is 0.114. The van der Waals surface area contributed by atoms with E-state index in [-0.39, 0.29) is 5.41 Å². The third kappa shape index (κ3) is 7.24. The molecule has 224 valence electrons. The van der Waals surface area contributed by atoms with E-state index in [0.29, 0.717) is 26.4 Å². The molecule has 0 radical (unpaired) electrons. The Morgan fingerprint density at radius 3 is 2.36 bits per heavy atom. The van der Waals surface area contributed by atoms with Gasteiger partial charge in [-0.15, -0.1) is 0 Å². The number of hydrogen-bond donors (Lipinski definition) is 1. The molecular formula is C33H39BrN2O5S. The van der Waals surface area contributed by atoms with Gasteiger partial charge < -0.3 is 19.7 Å². The summed E-state index contributed by atoms with van der Waals surface area (Å²) in [4.78, 5) is 28.6. The van der Waals surface area contributed by atoms with Crippen LogP contribution in [0.4, 0.5) is 11.4 Å². The number of hydrogen-bond acceptors (Lipinski definition) is 6. The maximum absolute atomic E-state index is 14.0. The topological polar surface area (TPSA) is 84.9 Å². The fourth-order valence-electron chi connectivity index (χ4n) is 5.31. The van der Waals surface area contributed by atoms with Crippen LogP contribution in [0.1, 0.15) is 58.1 Å². The van der Waals surface area contributed by atoms with E-state index >= 15 is 0 Å². The monoisotopic (exact) mass is 654 g/mol. The molecule has 1 N–H and O–H groups in total. The maximum atomic E-state index is 14.0. The molecule has 9 heteroatoms. The number of esters is 1. The van der Waals surface area contributed by atoms with E-state index in [0.717, 1.165) is 43.6 Å². The molecule has 0 aliphatic carbocycles. The molecule has 1 aliphatic rings. The SMILES string of the molecule is CCCCC1(CC)CN(c2ccccc2)c2cc(Br)c(OC(C)C(=O)N[C@@H](C(=O)OC)c3ccccc3)cc2S(=O)C1. The molecule has 0 aromatic heterocycles. The molecule has 3 aromatic rings. The van der Waals surface area contributed by atoms with Gasteiger partial charge in [0.15, 0.2) is 12.1 Å². The molecule has 3 unspecified atom stereocenters. The van der Waals surface area contributed by atoms with Crippen molar-refractivity contribution in [3.05, 3.63) is 82.8 Å². The lowest BCUT2D eigenvalue weighted by atomic mass is 9.81. The Hall–Kier alpha value is -3.17. The summed E-state index contributed by atoms with van der Waals surface area (Å²) in [6, 6.07) is 21.8. The molecule has 1 amide bonds. The average Bonchev–Trinajstić information content (AvgIpc) is 3.13. The first kappa shape index (κ1) is 31.8. The van der Waals surface area contributed by atoms with Crippen LogP contribution in [0.25, 0.3) is 0 Å². The van der Waals surface area contributed by atoms with Crippen molar-refractivity contribution < 1.29 is 23.3 Å². The highest BCUT2D eigenvalue weighted by Gasteiger charge is 2.38. The summed E-state index contributed by atoms with van der Waals surface area (Å²) in [7, 11) is -0.00632. The molecule has 7 nitrogen and oxygen atoms in total. The fourth-order valence-corrected chi connectivity index (χ4v) is 7.52. The first-order valence-corrected chi connectivity index (χ1v) is 16.5. The predicted octanol–water partition coefficient (Wildman–Crippen LogP) is 7.09. The van der Waals surface area contributed by atoms with Crippen LogP contribution < -0.4 is 15.0 Å². The molecule has 0 saturated heterocycles. The van der Waals surface area contributed by atoms with E-state index in [1.54, 1.807) is 37.3 Å². The van der Waals surface area contributed by atoms with Crippen LogP contribution in [0.5, 0.6) is 5.75 Å². The zero-order chi connectivity index (χ0) is 30.3. The first-order valence-electron chi connectivity index (χ1n) is 14.4. The summed E-state index contributed by atoms with van der Waals surface area (Å²) in [5, 5.41) is 2.75. The number of fused-ring (bicyclic) bond motifs is 1. The van der Waals surface area contributed by atoms with Crippen LogP contribution in [-0.4, -0.2) is 41.6 Å². The molecule has 1 aliphatic heterocycles. The van der Waals surface area contributed by atoms with Crippen molar-refractivity contribution in [3.8, 4) is 5.75 Å². The number of halogens is 1. The summed E-state index contributed by atoms with van der Waals surface area (Å²) in [6.07, 6.45) is 3.12. The number of anilines is 2. The van der Waals surface area contributed by atoms with Crippen molar-refractivity contribution in [1.29, 1.82) is 0 Å². The van der Waals surface area contributed by atoms with Crippen molar-refractivity contribution in [1.82, 2.24) is 5.32 Å². The van der Waals surface area contributed by atoms with Crippen molar-refractivity contribution in [2.24, 2.45) is 5.41 Å². The third-order valence-electron chi connectivity index (χ3n) is 7.89. The summed E-state index contributed by atoms with van der Waals surface area (Å²) < 4.78 is 25.7. The molecule has 0 spiro atoms. The highest BCUT2D eigenvalue weighted by Crippen LogP contribution is 2.45. The Balaban J connectivity index is 1.65. The number of nitrogens with zero attached hydrogens (tertiary/aromatic N) is 1. The lowest BCUT2D eigenvalue weighted by Gasteiger charge is -2.36. The minimum Gasteiger partial charge on any atom is -0.480 e. The van der Waals surface area contributed by atoms with Crippen LogP contribution in [0.3, 0.4) is 0 Å². The van der Waals surface area contributed by atoms with Gasteiger partial charge in [-0.2, -0.15) is 0 Å². The van der Waals surface area contributed by atoms with Gasteiger partial charge in [0.25, 0.3) is 5.91 Å². The standard InChI is InChI=1S/C33H39BrN2O5S/c1-5-7-18-33(6-2)21-36(25-16-12-9-13-17-25)27-19-26(34)28(20-29(27)42(39)22-33)41-23(3)31(37)35-30(32(38)40-4)24-14-10-8-11-15-24/h8-17,19-20,23,30H,5-7,18,21-22H2,1-4H3,(H,35,37)/t23?,30-,33?,42?/m1/s1. The Kier molecular flexibility index (Phi) is 10.8. The molecule has 0 fully saturated rings. The number of ether oxygens (including phenoxy) is 2. The van der Waals surface area contributed by atoms with E-state index in [1.165, 1.54) is 7.11 Å². The molecule has 0 bridgehead atoms. The van der Waals surface area contributed by atoms with Gasteiger partial charge in [0.2, 0.25) is 0 Å². The fraction of sp³-hybridized carbons (Fsp3) is 0.394. The van der Waals surface area contributed by atoms with Crippen molar-refractivity contribution in [2.45, 2.75) is 63.5 Å². The Labute approximate surface area is 259 Å². The molecule has 1 heterocycles. The van der Waals surface area contributed by atoms with Crippen molar-refractivity contribution in [3.63, 3.8) is 0 Å². The average molecular weight is 656 g/mol. The zero-order valence-corrected chi connectivity index (χ0v) is 27.0. The van der Waals surface area contributed by atoms with Gasteiger partial charge in [-0.1, -0.05) is 75.2 Å². The maximum Gasteiger partial charge on any atom is 0.333 e. The number of carbonyl (C=O) groups excluding carboxylic acids is 2. The van der Waals surface area contributed by atoms with Gasteiger partial charge in [0, 0.05) is 18.0 Å². The zero-order valence-electron chi connectivity index (χ0n) is 24.6. The second-order valence-corrected chi connectivity index (χ2v) is 13.0. The number of unbranched alkanes of at least 4 members (excludes halogenated alkanes) is 1. The van der Waals surface area contributed by atoms with Crippen LogP contribution in [0.2, 0.25) is 0 Å². The highest BCUT2D eigenvalue weighted by molar-refractivity contribution is 9.10. The predicted molar refractivity (Wildman–Crippen MR) is 171 cm³/mol. The number of amides is 1. The van der Waals surface area contributed by atoms with Gasteiger partial charge in [0.05, 0.1) is 33.0 Å². The minimum atomic E-state index is -1.29. The van der Waals surface area contributed by atoms with E-state index in [9.17, 15) is 13.8 Å². The molecule has 3 aromatic carbocycles. The lowest BCUT2D eigenvalue weighted by molar-refractivity contribution is -0.146. The molecule has 0 saturated carbocycles. The summed E-state index contributed by atoms with van der Waals surface area (Å²) in [5.74, 6) is -0.0985. The summed E-state index contributed by atoms with van der Waals surface area (Å²) in [6.45, 7) is 6.75. The Morgan fingerprint density at radius 2 is 1.74 bits per heavy atom. The summed E-state index contributed by atoms with van der Waals surface area (Å²) >= 11 is 3.65. The molecule has 42 heavy (non-hydrogen) atoms.